The van der Waals surface area contributed by atoms with E-state index in [-0.39, 0.29) is 22.5 Å². The highest BCUT2D eigenvalue weighted by molar-refractivity contribution is 9.10. The van der Waals surface area contributed by atoms with Crippen molar-refractivity contribution < 1.29 is 17.9 Å². The second-order valence-corrected chi connectivity index (χ2v) is 7.51. The van der Waals surface area contributed by atoms with Gasteiger partial charge in [0, 0.05) is 18.9 Å². The maximum atomic E-state index is 13.3. The van der Waals surface area contributed by atoms with Crippen LogP contribution in [0.4, 0.5) is 4.39 Å². The minimum Gasteiger partial charge on any atom is -0.396 e. The summed E-state index contributed by atoms with van der Waals surface area (Å²) in [7, 11) is -3.67. The first kappa shape index (κ1) is 16.9. The highest BCUT2D eigenvalue weighted by atomic mass is 79.9. The van der Waals surface area contributed by atoms with Gasteiger partial charge in [0.1, 0.15) is 5.82 Å². The molecule has 0 aliphatic carbocycles. The quantitative estimate of drug-likeness (QED) is 0.685. The van der Waals surface area contributed by atoms with E-state index in [9.17, 15) is 12.8 Å². The lowest BCUT2D eigenvalue weighted by molar-refractivity contribution is 0.296. The SMILES string of the molecule is O=S(=O)(NCCSCCCO)c1ccc(Br)c(F)c1. The van der Waals surface area contributed by atoms with E-state index in [0.717, 1.165) is 11.8 Å². The molecular formula is C11H15BrFNO3S2. The number of halogens is 2. The summed E-state index contributed by atoms with van der Waals surface area (Å²) in [5.74, 6) is 0.781. The molecular weight excluding hydrogens is 357 g/mol. The molecule has 0 atom stereocenters. The molecule has 1 aromatic carbocycles. The van der Waals surface area contributed by atoms with Gasteiger partial charge in [-0.25, -0.2) is 17.5 Å². The fourth-order valence-electron chi connectivity index (χ4n) is 1.24. The third kappa shape index (κ3) is 5.78. The molecule has 1 rings (SSSR count). The Kier molecular flexibility index (Phi) is 7.30. The number of sulfonamides is 1. The van der Waals surface area contributed by atoms with Gasteiger partial charge in [-0.05, 0) is 46.3 Å². The summed E-state index contributed by atoms with van der Waals surface area (Å²) in [6.07, 6.45) is 0.690. The summed E-state index contributed by atoms with van der Waals surface area (Å²) < 4.78 is 39.6. The molecule has 108 valence electrons. The molecule has 19 heavy (non-hydrogen) atoms. The molecule has 4 nitrogen and oxygen atoms in total. The maximum absolute atomic E-state index is 13.3. The third-order valence-corrected chi connectivity index (χ3v) is 5.36. The minimum atomic E-state index is -3.67. The topological polar surface area (TPSA) is 66.4 Å². The Bertz CT molecular complexity index is 511. The Morgan fingerprint density at radius 1 is 1.37 bits per heavy atom. The van der Waals surface area contributed by atoms with Crippen LogP contribution in [-0.4, -0.2) is 38.2 Å². The summed E-state index contributed by atoms with van der Waals surface area (Å²) in [4.78, 5) is -0.0893. The predicted molar refractivity (Wildman–Crippen MR) is 78.3 cm³/mol. The number of aliphatic hydroxyl groups excluding tert-OH is 1. The van der Waals surface area contributed by atoms with Gasteiger partial charge in [-0.15, -0.1) is 0 Å². The van der Waals surface area contributed by atoms with E-state index in [4.69, 9.17) is 5.11 Å². The van der Waals surface area contributed by atoms with Crippen molar-refractivity contribution in [3.63, 3.8) is 0 Å². The average Bonchev–Trinajstić information content (AvgIpc) is 2.36. The summed E-state index contributed by atoms with van der Waals surface area (Å²) >= 11 is 4.52. The van der Waals surface area contributed by atoms with Crippen molar-refractivity contribution in [3.05, 3.63) is 28.5 Å². The molecule has 0 fully saturated rings. The molecule has 0 radical (unpaired) electrons. The van der Waals surface area contributed by atoms with Crippen molar-refractivity contribution in [2.45, 2.75) is 11.3 Å². The fraction of sp³-hybridized carbons (Fsp3) is 0.455. The van der Waals surface area contributed by atoms with Crippen LogP contribution in [-0.2, 0) is 10.0 Å². The first-order valence-corrected chi connectivity index (χ1v) is 9.04. The van der Waals surface area contributed by atoms with Crippen LogP contribution in [0.3, 0.4) is 0 Å². The largest absolute Gasteiger partial charge is 0.396 e. The molecule has 0 aromatic heterocycles. The van der Waals surface area contributed by atoms with Gasteiger partial charge in [-0.2, -0.15) is 11.8 Å². The number of thioether (sulfide) groups is 1. The lowest BCUT2D eigenvalue weighted by Crippen LogP contribution is -2.26. The van der Waals surface area contributed by atoms with Crippen LogP contribution in [0.25, 0.3) is 0 Å². The molecule has 0 spiro atoms. The number of benzene rings is 1. The Labute approximate surface area is 125 Å². The normalized spacial score (nSPS) is 11.7. The Balaban J connectivity index is 2.49. The Morgan fingerprint density at radius 2 is 2.11 bits per heavy atom. The molecule has 0 amide bonds. The zero-order chi connectivity index (χ0) is 14.3. The van der Waals surface area contributed by atoms with Gasteiger partial charge >= 0.3 is 0 Å². The van der Waals surface area contributed by atoms with E-state index in [0.29, 0.717) is 12.2 Å². The number of hydrogen-bond acceptors (Lipinski definition) is 4. The number of rotatable bonds is 8. The van der Waals surface area contributed by atoms with Gasteiger partial charge in [0.05, 0.1) is 9.37 Å². The van der Waals surface area contributed by atoms with Crippen LogP contribution >= 0.6 is 27.7 Å². The molecule has 0 aliphatic heterocycles. The lowest BCUT2D eigenvalue weighted by Gasteiger charge is -2.07. The second-order valence-electron chi connectivity index (χ2n) is 3.66. The highest BCUT2D eigenvalue weighted by Crippen LogP contribution is 2.19. The summed E-state index contributed by atoms with van der Waals surface area (Å²) in [6.45, 7) is 0.410. The second kappa shape index (κ2) is 8.21. The van der Waals surface area contributed by atoms with Gasteiger partial charge in [-0.3, -0.25) is 0 Å². The Morgan fingerprint density at radius 3 is 2.74 bits per heavy atom. The first-order valence-electron chi connectivity index (χ1n) is 5.60. The lowest BCUT2D eigenvalue weighted by atomic mass is 10.3. The van der Waals surface area contributed by atoms with Crippen molar-refractivity contribution in [3.8, 4) is 0 Å². The van der Waals surface area contributed by atoms with Gasteiger partial charge < -0.3 is 5.11 Å². The first-order chi connectivity index (χ1) is 8.97. The van der Waals surface area contributed by atoms with E-state index in [1.165, 1.54) is 12.1 Å². The average molecular weight is 372 g/mol. The third-order valence-electron chi connectivity index (χ3n) is 2.19. The molecule has 0 bridgehead atoms. The number of aliphatic hydroxyl groups is 1. The molecule has 0 saturated heterocycles. The zero-order valence-electron chi connectivity index (χ0n) is 10.1. The van der Waals surface area contributed by atoms with Crippen LogP contribution in [0.15, 0.2) is 27.6 Å². The fourth-order valence-corrected chi connectivity index (χ4v) is 3.45. The zero-order valence-corrected chi connectivity index (χ0v) is 13.3. The van der Waals surface area contributed by atoms with Crippen LogP contribution in [0.1, 0.15) is 6.42 Å². The standard InChI is InChI=1S/C11H15BrFNO3S2/c12-10-3-2-9(8-11(10)13)19(16,17)14-4-7-18-6-1-5-15/h2-3,8,14-15H,1,4-7H2. The van der Waals surface area contributed by atoms with E-state index in [1.54, 1.807) is 11.8 Å². The van der Waals surface area contributed by atoms with Crippen LogP contribution in [0.5, 0.6) is 0 Å². The van der Waals surface area contributed by atoms with E-state index >= 15 is 0 Å². The van der Waals surface area contributed by atoms with Gasteiger partial charge in [-0.1, -0.05) is 0 Å². The molecule has 0 aliphatic rings. The van der Waals surface area contributed by atoms with E-state index in [2.05, 4.69) is 20.7 Å². The van der Waals surface area contributed by atoms with Crippen molar-refractivity contribution in [2.24, 2.45) is 0 Å². The monoisotopic (exact) mass is 371 g/mol. The molecule has 2 N–H and O–H groups in total. The van der Waals surface area contributed by atoms with Crippen molar-refractivity contribution in [2.75, 3.05) is 24.7 Å². The summed E-state index contributed by atoms with van der Waals surface area (Å²) in [5.41, 5.74) is 0. The molecule has 0 heterocycles. The molecule has 0 saturated carbocycles. The van der Waals surface area contributed by atoms with Crippen LogP contribution in [0, 0.1) is 5.82 Å². The molecule has 1 aromatic rings. The highest BCUT2D eigenvalue weighted by Gasteiger charge is 2.15. The smallest absolute Gasteiger partial charge is 0.240 e. The minimum absolute atomic E-state index is 0.0893. The summed E-state index contributed by atoms with van der Waals surface area (Å²) in [5, 5.41) is 8.58. The van der Waals surface area contributed by atoms with Crippen molar-refractivity contribution in [1.82, 2.24) is 4.72 Å². The Hall–Kier alpha value is -0.150. The van der Waals surface area contributed by atoms with Gasteiger partial charge in [0.15, 0.2) is 0 Å². The van der Waals surface area contributed by atoms with Crippen LogP contribution in [0.2, 0.25) is 0 Å². The molecule has 0 unspecified atom stereocenters. The van der Waals surface area contributed by atoms with E-state index in [1.807, 2.05) is 0 Å². The van der Waals surface area contributed by atoms with Gasteiger partial charge in [0.25, 0.3) is 0 Å². The number of hydrogen-bond donors (Lipinski definition) is 2. The molecule has 8 heteroatoms. The maximum Gasteiger partial charge on any atom is 0.240 e. The van der Waals surface area contributed by atoms with Crippen molar-refractivity contribution >= 4 is 37.7 Å². The van der Waals surface area contributed by atoms with Crippen LogP contribution < -0.4 is 4.72 Å². The number of nitrogens with one attached hydrogen (secondary N) is 1. The predicted octanol–water partition coefficient (Wildman–Crippen LogP) is 1.98. The van der Waals surface area contributed by atoms with Crippen molar-refractivity contribution in [1.29, 1.82) is 0 Å². The summed E-state index contributed by atoms with van der Waals surface area (Å²) in [6, 6.07) is 3.68. The van der Waals surface area contributed by atoms with Gasteiger partial charge in [0.2, 0.25) is 10.0 Å². The van der Waals surface area contributed by atoms with E-state index < -0.39 is 15.8 Å².